The molecule has 0 spiro atoms. The van der Waals surface area contributed by atoms with Gasteiger partial charge in [-0.25, -0.2) is 0 Å². The van der Waals surface area contributed by atoms with Crippen molar-refractivity contribution in [2.45, 2.75) is 19.4 Å². The minimum absolute atomic E-state index is 0.162. The monoisotopic (exact) mass is 272 g/mol. The SMILES string of the molecule is CCC(CSC)NC(=O)c1cccc(N)c1Cl. The average Bonchev–Trinajstić information content (AvgIpc) is 2.31. The fourth-order valence-electron chi connectivity index (χ4n) is 1.45. The zero-order chi connectivity index (χ0) is 12.8. The molecule has 0 bridgehead atoms. The number of thioether (sulfide) groups is 1. The molecule has 0 aliphatic heterocycles. The second-order valence-corrected chi connectivity index (χ2v) is 5.03. The van der Waals surface area contributed by atoms with E-state index in [0.717, 1.165) is 12.2 Å². The molecule has 17 heavy (non-hydrogen) atoms. The van der Waals surface area contributed by atoms with E-state index in [1.165, 1.54) is 0 Å². The number of nitrogens with one attached hydrogen (secondary N) is 1. The van der Waals surface area contributed by atoms with Crippen LogP contribution in [-0.4, -0.2) is 24.0 Å². The Hall–Kier alpha value is -0.870. The first kappa shape index (κ1) is 14.2. The summed E-state index contributed by atoms with van der Waals surface area (Å²) in [7, 11) is 0. The molecule has 0 fully saturated rings. The van der Waals surface area contributed by atoms with Crippen LogP contribution in [0.3, 0.4) is 0 Å². The van der Waals surface area contributed by atoms with Crippen molar-refractivity contribution in [2.75, 3.05) is 17.7 Å². The topological polar surface area (TPSA) is 55.1 Å². The molecule has 0 aliphatic rings. The molecule has 0 saturated heterocycles. The molecule has 0 aliphatic carbocycles. The van der Waals surface area contributed by atoms with Crippen LogP contribution in [0.1, 0.15) is 23.7 Å². The van der Waals surface area contributed by atoms with E-state index in [1.54, 1.807) is 30.0 Å². The summed E-state index contributed by atoms with van der Waals surface area (Å²) in [5.41, 5.74) is 6.53. The second-order valence-electron chi connectivity index (χ2n) is 3.74. The average molecular weight is 273 g/mol. The first-order valence-electron chi connectivity index (χ1n) is 5.44. The first-order chi connectivity index (χ1) is 8.10. The van der Waals surface area contributed by atoms with Gasteiger partial charge in [0.25, 0.3) is 5.91 Å². The molecule has 0 radical (unpaired) electrons. The van der Waals surface area contributed by atoms with E-state index in [4.69, 9.17) is 17.3 Å². The number of carbonyl (C=O) groups excluding carboxylic acids is 1. The van der Waals surface area contributed by atoms with E-state index >= 15 is 0 Å². The van der Waals surface area contributed by atoms with Gasteiger partial charge in [0.15, 0.2) is 0 Å². The van der Waals surface area contributed by atoms with Crippen molar-refractivity contribution in [3.8, 4) is 0 Å². The van der Waals surface area contributed by atoms with Crippen LogP contribution in [-0.2, 0) is 0 Å². The second kappa shape index (κ2) is 6.77. The third-order valence-corrected chi connectivity index (χ3v) is 3.63. The van der Waals surface area contributed by atoms with E-state index in [0.29, 0.717) is 16.3 Å². The summed E-state index contributed by atoms with van der Waals surface area (Å²) in [5, 5.41) is 3.28. The molecule has 1 unspecified atom stereocenters. The zero-order valence-corrected chi connectivity index (χ0v) is 11.6. The van der Waals surface area contributed by atoms with Gasteiger partial charge in [-0.15, -0.1) is 0 Å². The Labute approximate surface area is 111 Å². The van der Waals surface area contributed by atoms with Crippen molar-refractivity contribution in [1.82, 2.24) is 5.32 Å². The Bertz CT molecular complexity index is 398. The largest absolute Gasteiger partial charge is 0.398 e. The van der Waals surface area contributed by atoms with Crippen molar-refractivity contribution in [1.29, 1.82) is 0 Å². The fraction of sp³-hybridized carbons (Fsp3) is 0.417. The summed E-state index contributed by atoms with van der Waals surface area (Å²) >= 11 is 7.71. The smallest absolute Gasteiger partial charge is 0.253 e. The third-order valence-electron chi connectivity index (χ3n) is 2.47. The number of nitrogens with two attached hydrogens (primary N) is 1. The molecule has 5 heteroatoms. The highest BCUT2D eigenvalue weighted by Gasteiger charge is 2.15. The van der Waals surface area contributed by atoms with Crippen LogP contribution in [0.25, 0.3) is 0 Å². The number of nitrogen functional groups attached to an aromatic ring is 1. The van der Waals surface area contributed by atoms with Crippen LogP contribution < -0.4 is 11.1 Å². The molecule has 3 N–H and O–H groups in total. The van der Waals surface area contributed by atoms with Crippen LogP contribution in [0.2, 0.25) is 5.02 Å². The van der Waals surface area contributed by atoms with Gasteiger partial charge in [0.05, 0.1) is 16.3 Å². The standard InChI is InChI=1S/C12H17ClN2OS/c1-3-8(7-17-2)15-12(16)9-5-4-6-10(14)11(9)13/h4-6,8H,3,7,14H2,1-2H3,(H,15,16). The van der Waals surface area contributed by atoms with Gasteiger partial charge in [-0.05, 0) is 24.8 Å². The van der Waals surface area contributed by atoms with E-state index in [9.17, 15) is 4.79 Å². The summed E-state index contributed by atoms with van der Waals surface area (Å²) in [6.07, 6.45) is 2.91. The number of hydrogen-bond acceptors (Lipinski definition) is 3. The lowest BCUT2D eigenvalue weighted by molar-refractivity contribution is 0.0940. The molecular weight excluding hydrogens is 256 g/mol. The minimum Gasteiger partial charge on any atom is -0.398 e. The van der Waals surface area contributed by atoms with E-state index in [-0.39, 0.29) is 11.9 Å². The van der Waals surface area contributed by atoms with Gasteiger partial charge >= 0.3 is 0 Å². The molecule has 0 saturated carbocycles. The molecule has 0 aromatic heterocycles. The highest BCUT2D eigenvalue weighted by Crippen LogP contribution is 2.23. The lowest BCUT2D eigenvalue weighted by atomic mass is 10.1. The Morgan fingerprint density at radius 1 is 1.59 bits per heavy atom. The van der Waals surface area contributed by atoms with Gasteiger partial charge in [-0.1, -0.05) is 24.6 Å². The number of rotatable bonds is 5. The lowest BCUT2D eigenvalue weighted by Gasteiger charge is -2.16. The zero-order valence-electron chi connectivity index (χ0n) is 10.00. The molecule has 0 heterocycles. The Morgan fingerprint density at radius 2 is 2.29 bits per heavy atom. The van der Waals surface area contributed by atoms with Crippen LogP contribution >= 0.6 is 23.4 Å². The van der Waals surface area contributed by atoms with Gasteiger partial charge in [0.2, 0.25) is 0 Å². The third kappa shape index (κ3) is 3.82. The summed E-state index contributed by atoms with van der Waals surface area (Å²) in [6, 6.07) is 5.25. The van der Waals surface area contributed by atoms with Gasteiger partial charge in [-0.3, -0.25) is 4.79 Å². The summed E-state index contributed by atoms with van der Waals surface area (Å²) < 4.78 is 0. The molecule has 1 aromatic carbocycles. The van der Waals surface area contributed by atoms with E-state index < -0.39 is 0 Å². The number of carbonyl (C=O) groups is 1. The molecule has 1 rings (SSSR count). The minimum atomic E-state index is -0.164. The number of anilines is 1. The van der Waals surface area contributed by atoms with Gasteiger partial charge < -0.3 is 11.1 Å². The van der Waals surface area contributed by atoms with Crippen LogP contribution in [0, 0.1) is 0 Å². The van der Waals surface area contributed by atoms with Gasteiger partial charge in [-0.2, -0.15) is 11.8 Å². The lowest BCUT2D eigenvalue weighted by Crippen LogP contribution is -2.36. The first-order valence-corrected chi connectivity index (χ1v) is 7.21. The quantitative estimate of drug-likeness (QED) is 0.811. The maximum atomic E-state index is 12.0. The van der Waals surface area contributed by atoms with Gasteiger partial charge in [0, 0.05) is 11.8 Å². The molecule has 1 atom stereocenters. The van der Waals surface area contributed by atoms with E-state index in [1.807, 2.05) is 13.2 Å². The number of benzene rings is 1. The number of halogens is 1. The highest BCUT2D eigenvalue weighted by molar-refractivity contribution is 7.98. The number of amides is 1. The molecule has 1 aromatic rings. The molecule has 3 nitrogen and oxygen atoms in total. The van der Waals surface area contributed by atoms with Crippen molar-refractivity contribution >= 4 is 35.0 Å². The maximum absolute atomic E-state index is 12.0. The van der Waals surface area contributed by atoms with Crippen molar-refractivity contribution < 1.29 is 4.79 Å². The van der Waals surface area contributed by atoms with Crippen molar-refractivity contribution in [3.63, 3.8) is 0 Å². The fourth-order valence-corrected chi connectivity index (χ4v) is 2.38. The van der Waals surface area contributed by atoms with Gasteiger partial charge in [0.1, 0.15) is 0 Å². The molecule has 94 valence electrons. The number of hydrogen-bond donors (Lipinski definition) is 2. The van der Waals surface area contributed by atoms with Crippen LogP contribution in [0.5, 0.6) is 0 Å². The Morgan fingerprint density at radius 3 is 2.88 bits per heavy atom. The summed E-state index contributed by atoms with van der Waals surface area (Å²) in [4.78, 5) is 12.0. The Kier molecular flexibility index (Phi) is 5.65. The molecule has 1 amide bonds. The predicted octanol–water partition coefficient (Wildman–Crippen LogP) is 2.79. The Balaban J connectivity index is 2.79. The molecular formula is C12H17ClN2OS. The predicted molar refractivity (Wildman–Crippen MR) is 75.8 cm³/mol. The van der Waals surface area contributed by atoms with Crippen LogP contribution in [0.15, 0.2) is 18.2 Å². The van der Waals surface area contributed by atoms with E-state index in [2.05, 4.69) is 5.32 Å². The van der Waals surface area contributed by atoms with Crippen molar-refractivity contribution in [3.05, 3.63) is 28.8 Å². The van der Waals surface area contributed by atoms with Crippen molar-refractivity contribution in [2.24, 2.45) is 0 Å². The summed E-state index contributed by atoms with van der Waals surface area (Å²) in [6.45, 7) is 2.04. The highest BCUT2D eigenvalue weighted by atomic mass is 35.5. The normalized spacial score (nSPS) is 12.2. The summed E-state index contributed by atoms with van der Waals surface area (Å²) in [5.74, 6) is 0.727. The maximum Gasteiger partial charge on any atom is 0.253 e. The van der Waals surface area contributed by atoms with Crippen LogP contribution in [0.4, 0.5) is 5.69 Å².